The molecule has 0 bridgehead atoms. The number of nitrogens with two attached hydrogens (primary N) is 1. The Bertz CT molecular complexity index is 434. The molecule has 1 aliphatic carbocycles. The number of hydrogen-bond acceptors (Lipinski definition) is 5. The van der Waals surface area contributed by atoms with Crippen LogP contribution in [0.5, 0.6) is 0 Å². The molecule has 1 aromatic heterocycles. The second kappa shape index (κ2) is 5.21. The minimum absolute atomic E-state index is 0.0979. The molecule has 0 radical (unpaired) electrons. The average molecular weight is 267 g/mol. The number of aromatic nitrogens is 2. The summed E-state index contributed by atoms with van der Waals surface area (Å²) in [6.07, 6.45) is 3.95. The first kappa shape index (κ1) is 14.5. The van der Waals surface area contributed by atoms with Crippen molar-refractivity contribution in [2.45, 2.75) is 70.4 Å². The van der Waals surface area contributed by atoms with Crippen LogP contribution in [0.2, 0.25) is 0 Å². The van der Waals surface area contributed by atoms with Crippen molar-refractivity contribution in [2.75, 3.05) is 6.61 Å². The zero-order chi connectivity index (χ0) is 14.1. The molecule has 0 saturated heterocycles. The monoisotopic (exact) mass is 267 g/mol. The van der Waals surface area contributed by atoms with E-state index in [1.807, 2.05) is 13.8 Å². The highest BCUT2D eigenvalue weighted by Gasteiger charge is 2.44. The van der Waals surface area contributed by atoms with E-state index in [-0.39, 0.29) is 11.5 Å². The van der Waals surface area contributed by atoms with Gasteiger partial charge in [0.15, 0.2) is 0 Å². The molecule has 2 N–H and O–H groups in total. The van der Waals surface area contributed by atoms with Crippen molar-refractivity contribution < 1.29 is 9.26 Å². The lowest BCUT2D eigenvalue weighted by Gasteiger charge is -2.25. The third kappa shape index (κ3) is 2.41. The van der Waals surface area contributed by atoms with Crippen LogP contribution in [0.15, 0.2) is 4.52 Å². The maximum absolute atomic E-state index is 6.20. The topological polar surface area (TPSA) is 74.2 Å². The van der Waals surface area contributed by atoms with E-state index < -0.39 is 5.60 Å². The number of rotatable bonds is 5. The minimum atomic E-state index is -0.477. The van der Waals surface area contributed by atoms with Crippen LogP contribution in [0.1, 0.15) is 65.1 Å². The Hall–Kier alpha value is -0.940. The van der Waals surface area contributed by atoms with E-state index in [1.165, 1.54) is 0 Å². The molecule has 19 heavy (non-hydrogen) atoms. The highest BCUT2D eigenvalue weighted by atomic mass is 16.5. The molecule has 0 amide bonds. The molecule has 1 fully saturated rings. The van der Waals surface area contributed by atoms with Crippen LogP contribution in [0.3, 0.4) is 0 Å². The van der Waals surface area contributed by atoms with E-state index in [9.17, 15) is 0 Å². The molecule has 1 aromatic rings. The van der Waals surface area contributed by atoms with E-state index in [1.54, 1.807) is 0 Å². The Balaban J connectivity index is 2.28. The second-order valence-corrected chi connectivity index (χ2v) is 5.86. The summed E-state index contributed by atoms with van der Waals surface area (Å²) in [4.78, 5) is 4.59. The molecule has 108 valence electrons. The van der Waals surface area contributed by atoms with Gasteiger partial charge in [-0.3, -0.25) is 0 Å². The number of ether oxygens (including phenoxy) is 1. The Morgan fingerprint density at radius 3 is 2.79 bits per heavy atom. The van der Waals surface area contributed by atoms with Gasteiger partial charge in [-0.2, -0.15) is 4.98 Å². The molecule has 3 unspecified atom stereocenters. The van der Waals surface area contributed by atoms with Crippen LogP contribution in [0.25, 0.3) is 0 Å². The summed E-state index contributed by atoms with van der Waals surface area (Å²) in [5.41, 5.74) is 5.53. The Morgan fingerprint density at radius 2 is 2.26 bits per heavy atom. The standard InChI is InChI=1S/C14H25N3O2/c1-5-14(4,18-6-2)11-16-12(19-17-11)13(3)9-7-8-10(13)15/h10H,5-9,15H2,1-4H3. The van der Waals surface area contributed by atoms with Crippen molar-refractivity contribution in [1.29, 1.82) is 0 Å². The number of nitrogens with zero attached hydrogens (tertiary/aromatic N) is 2. The lowest BCUT2D eigenvalue weighted by Crippen LogP contribution is -2.38. The molecule has 0 spiro atoms. The molecule has 0 aliphatic heterocycles. The molecule has 5 nitrogen and oxygen atoms in total. The Morgan fingerprint density at radius 1 is 1.53 bits per heavy atom. The van der Waals surface area contributed by atoms with Gasteiger partial charge in [-0.15, -0.1) is 0 Å². The van der Waals surface area contributed by atoms with Gasteiger partial charge in [-0.25, -0.2) is 0 Å². The van der Waals surface area contributed by atoms with Crippen LogP contribution in [0, 0.1) is 0 Å². The smallest absolute Gasteiger partial charge is 0.234 e. The molecular weight excluding hydrogens is 242 g/mol. The predicted octanol–water partition coefficient (Wildman–Crippen LogP) is 2.50. The van der Waals surface area contributed by atoms with Crippen LogP contribution in [-0.4, -0.2) is 22.8 Å². The van der Waals surface area contributed by atoms with Crippen molar-refractivity contribution in [1.82, 2.24) is 10.1 Å². The van der Waals surface area contributed by atoms with Crippen molar-refractivity contribution >= 4 is 0 Å². The van der Waals surface area contributed by atoms with E-state index in [2.05, 4.69) is 24.0 Å². The van der Waals surface area contributed by atoms with Gasteiger partial charge in [0.25, 0.3) is 0 Å². The molecule has 1 saturated carbocycles. The molecule has 0 aromatic carbocycles. The SMILES string of the molecule is CCOC(C)(CC)c1noc(C2(C)CCCC2N)n1. The third-order valence-corrected chi connectivity index (χ3v) is 4.55. The van der Waals surface area contributed by atoms with Gasteiger partial charge in [0, 0.05) is 12.6 Å². The van der Waals surface area contributed by atoms with Crippen LogP contribution < -0.4 is 5.73 Å². The second-order valence-electron chi connectivity index (χ2n) is 5.86. The zero-order valence-corrected chi connectivity index (χ0v) is 12.4. The Labute approximate surface area is 114 Å². The van der Waals surface area contributed by atoms with E-state index in [0.717, 1.165) is 25.7 Å². The molecular formula is C14H25N3O2. The molecule has 5 heteroatoms. The van der Waals surface area contributed by atoms with Gasteiger partial charge in [0.1, 0.15) is 5.60 Å². The molecule has 2 rings (SSSR count). The predicted molar refractivity (Wildman–Crippen MR) is 72.7 cm³/mol. The van der Waals surface area contributed by atoms with Gasteiger partial charge in [-0.05, 0) is 40.0 Å². The van der Waals surface area contributed by atoms with Crippen LogP contribution in [-0.2, 0) is 15.8 Å². The fourth-order valence-electron chi connectivity index (χ4n) is 2.77. The quantitative estimate of drug-likeness (QED) is 0.887. The van der Waals surface area contributed by atoms with Gasteiger partial charge in [0.05, 0.1) is 5.41 Å². The normalized spacial score (nSPS) is 30.5. The molecule has 1 heterocycles. The summed E-state index contributed by atoms with van der Waals surface area (Å²) in [6.45, 7) is 8.79. The lowest BCUT2D eigenvalue weighted by molar-refractivity contribution is -0.0403. The summed E-state index contributed by atoms with van der Waals surface area (Å²) in [5, 5.41) is 4.14. The highest BCUT2D eigenvalue weighted by Crippen LogP contribution is 2.39. The number of hydrogen-bond donors (Lipinski definition) is 1. The first-order valence-corrected chi connectivity index (χ1v) is 7.20. The fourth-order valence-corrected chi connectivity index (χ4v) is 2.77. The summed E-state index contributed by atoms with van der Waals surface area (Å²) < 4.78 is 11.3. The maximum Gasteiger partial charge on any atom is 0.234 e. The minimum Gasteiger partial charge on any atom is -0.367 e. The summed E-state index contributed by atoms with van der Waals surface area (Å²) in [5.74, 6) is 1.29. The fraction of sp³-hybridized carbons (Fsp3) is 0.857. The van der Waals surface area contributed by atoms with Gasteiger partial charge < -0.3 is 15.0 Å². The van der Waals surface area contributed by atoms with Crippen LogP contribution in [0.4, 0.5) is 0 Å². The van der Waals surface area contributed by atoms with Gasteiger partial charge in [0.2, 0.25) is 11.7 Å². The largest absolute Gasteiger partial charge is 0.367 e. The highest BCUT2D eigenvalue weighted by molar-refractivity contribution is 5.13. The van der Waals surface area contributed by atoms with E-state index >= 15 is 0 Å². The summed E-state index contributed by atoms with van der Waals surface area (Å²) in [7, 11) is 0. The van der Waals surface area contributed by atoms with E-state index in [4.69, 9.17) is 15.0 Å². The van der Waals surface area contributed by atoms with Gasteiger partial charge >= 0.3 is 0 Å². The third-order valence-electron chi connectivity index (χ3n) is 4.55. The molecule has 1 aliphatic rings. The first-order chi connectivity index (χ1) is 8.96. The summed E-state index contributed by atoms with van der Waals surface area (Å²) in [6, 6.07) is 0.0979. The van der Waals surface area contributed by atoms with Crippen molar-refractivity contribution in [3.8, 4) is 0 Å². The van der Waals surface area contributed by atoms with Gasteiger partial charge in [-0.1, -0.05) is 18.5 Å². The van der Waals surface area contributed by atoms with Crippen molar-refractivity contribution in [3.63, 3.8) is 0 Å². The first-order valence-electron chi connectivity index (χ1n) is 7.20. The lowest BCUT2D eigenvalue weighted by atomic mass is 9.85. The molecule has 3 atom stereocenters. The summed E-state index contributed by atoms with van der Waals surface area (Å²) >= 11 is 0. The zero-order valence-electron chi connectivity index (χ0n) is 12.4. The average Bonchev–Trinajstić information content (AvgIpc) is 2.99. The van der Waals surface area contributed by atoms with Crippen molar-refractivity contribution in [2.24, 2.45) is 5.73 Å². The van der Waals surface area contributed by atoms with E-state index in [0.29, 0.717) is 18.3 Å². The maximum atomic E-state index is 6.20. The van der Waals surface area contributed by atoms with Crippen molar-refractivity contribution in [3.05, 3.63) is 11.7 Å². The van der Waals surface area contributed by atoms with Crippen LogP contribution >= 0.6 is 0 Å². The Kier molecular flexibility index (Phi) is 3.97.